The number of anilines is 1. The van der Waals surface area contributed by atoms with Crippen LogP contribution < -0.4 is 73.0 Å². The number of hydrogen-bond donors (Lipinski definition) is 12. The zero-order valence-electron chi connectivity index (χ0n) is 18.6. The van der Waals surface area contributed by atoms with Crippen LogP contribution in [0.25, 0.3) is 11.1 Å². The van der Waals surface area contributed by atoms with Gasteiger partial charge in [-0.1, -0.05) is 29.8 Å². The summed E-state index contributed by atoms with van der Waals surface area (Å²) in [7, 11) is 0. The largest absolute Gasteiger partial charge is 0.344 e. The molecule has 30 heavy (non-hydrogen) atoms. The Hall–Kier alpha value is -2.24. The van der Waals surface area contributed by atoms with Crippen molar-refractivity contribution in [2.75, 3.05) is 5.32 Å². The second kappa shape index (κ2) is 20.0. The number of carbonyl (C=O) groups is 1. The van der Waals surface area contributed by atoms with Gasteiger partial charge in [0.2, 0.25) is 5.91 Å². The van der Waals surface area contributed by atoms with Crippen LogP contribution in [0.15, 0.2) is 42.5 Å². The molecule has 13 nitrogen and oxygen atoms in total. The average Bonchev–Trinajstić information content (AvgIpc) is 2.60. The topological polar surface area (TPSA) is 414 Å². The number of hydrogen-bond acceptors (Lipinski definition) is 12. The van der Waals surface area contributed by atoms with Crippen molar-refractivity contribution in [2.24, 2.45) is 0 Å². The van der Waals surface area contributed by atoms with E-state index in [0.717, 1.165) is 22.4 Å². The molecule has 1 amide bonds. The van der Waals surface area contributed by atoms with Crippen LogP contribution in [0.1, 0.15) is 19.4 Å². The van der Waals surface area contributed by atoms with E-state index in [-0.39, 0.29) is 73.6 Å². The standard InChI is InChI=1S/C16H14ClNO.11H3N/c1-16(2)13-9-11(6-7-14(13)18-15(16)19)10-4-3-5-12(17)8-10;;;;;;;;;;;/h3-9H,1-2H3,(H,18,19);11*1H3. The third-order valence-electron chi connectivity index (χ3n) is 3.67. The monoisotopic (exact) mass is 458 g/mol. The predicted molar refractivity (Wildman–Crippen MR) is 134 cm³/mol. The molecule has 1 heterocycles. The molecule has 14 heteroatoms. The van der Waals surface area contributed by atoms with Crippen LogP contribution in [0, 0.1) is 0 Å². The summed E-state index contributed by atoms with van der Waals surface area (Å²) in [5.41, 5.74) is 3.59. The highest BCUT2D eigenvalue weighted by atomic mass is 35.5. The van der Waals surface area contributed by atoms with Crippen LogP contribution in [-0.4, -0.2) is 5.91 Å². The molecular weight excluding hydrogens is 412 g/mol. The Kier molecular flexibility index (Phi) is 37.7. The van der Waals surface area contributed by atoms with Crippen molar-refractivity contribution < 1.29 is 4.79 Å². The number of carbonyl (C=O) groups excluding carboxylic acids is 1. The third-order valence-corrected chi connectivity index (χ3v) is 3.90. The van der Waals surface area contributed by atoms with Crippen molar-refractivity contribution in [2.45, 2.75) is 19.3 Å². The molecule has 184 valence electrons. The normalized spacial score (nSPS) is 10.2. The van der Waals surface area contributed by atoms with Gasteiger partial charge in [0.05, 0.1) is 5.41 Å². The number of benzene rings is 2. The van der Waals surface area contributed by atoms with E-state index >= 15 is 0 Å². The molecule has 0 fully saturated rings. The summed E-state index contributed by atoms with van der Waals surface area (Å²) in [5.74, 6) is 0.0470. The number of halogens is 1. The molecule has 1 aliphatic rings. The Balaban J connectivity index is -0.0000000573. The Morgan fingerprint density at radius 2 is 1.17 bits per heavy atom. The highest BCUT2D eigenvalue weighted by Gasteiger charge is 2.38. The summed E-state index contributed by atoms with van der Waals surface area (Å²) >= 11 is 6.02. The quantitative estimate of drug-likeness (QED) is 0.233. The molecule has 2 aromatic rings. The van der Waals surface area contributed by atoms with Crippen LogP contribution in [0.5, 0.6) is 0 Å². The van der Waals surface area contributed by atoms with Crippen molar-refractivity contribution in [3.8, 4) is 11.1 Å². The van der Waals surface area contributed by atoms with E-state index in [4.69, 9.17) is 11.6 Å². The first-order valence-corrected chi connectivity index (χ1v) is 6.58. The molecule has 0 aromatic heterocycles. The summed E-state index contributed by atoms with van der Waals surface area (Å²) in [5, 5.41) is 3.63. The number of rotatable bonds is 1. The lowest BCUT2D eigenvalue weighted by atomic mass is 9.85. The summed E-state index contributed by atoms with van der Waals surface area (Å²) in [6.45, 7) is 3.88. The Morgan fingerprint density at radius 1 is 0.700 bits per heavy atom. The molecule has 0 saturated carbocycles. The van der Waals surface area contributed by atoms with E-state index in [9.17, 15) is 4.79 Å². The minimum absolute atomic E-state index is 0. The smallest absolute Gasteiger partial charge is 0.234 e. The Morgan fingerprint density at radius 3 is 1.63 bits per heavy atom. The first kappa shape index (κ1) is 56.5. The van der Waals surface area contributed by atoms with Gasteiger partial charge in [-0.2, -0.15) is 0 Å². The van der Waals surface area contributed by atoms with E-state index < -0.39 is 5.41 Å². The van der Waals surface area contributed by atoms with Crippen molar-refractivity contribution in [3.63, 3.8) is 0 Å². The minimum atomic E-state index is -0.482. The van der Waals surface area contributed by atoms with Crippen LogP contribution in [0.4, 0.5) is 5.69 Å². The molecule has 0 saturated heterocycles. The van der Waals surface area contributed by atoms with Crippen molar-refractivity contribution in [3.05, 3.63) is 53.1 Å². The van der Waals surface area contributed by atoms with Crippen LogP contribution >= 0.6 is 11.6 Å². The minimum Gasteiger partial charge on any atom is -0.344 e. The van der Waals surface area contributed by atoms with Gasteiger partial charge in [0, 0.05) is 10.7 Å². The van der Waals surface area contributed by atoms with Crippen molar-refractivity contribution in [1.82, 2.24) is 67.7 Å². The SMILES string of the molecule is CC1(C)C(=O)Nc2ccc(-c3cccc(Cl)c3)cc21.N.N.N.N.N.N.N.N.N.N.N. The fourth-order valence-electron chi connectivity index (χ4n) is 2.42. The van der Waals surface area contributed by atoms with Crippen LogP contribution in [0.2, 0.25) is 5.02 Å². The maximum absolute atomic E-state index is 11.9. The van der Waals surface area contributed by atoms with Gasteiger partial charge in [0.15, 0.2) is 0 Å². The summed E-state index contributed by atoms with van der Waals surface area (Å²) < 4.78 is 0. The molecule has 1 aliphatic heterocycles. The maximum Gasteiger partial charge on any atom is 0.234 e. The maximum atomic E-state index is 11.9. The van der Waals surface area contributed by atoms with Gasteiger partial charge in [-0.05, 0) is 54.8 Å². The highest BCUT2D eigenvalue weighted by molar-refractivity contribution is 6.30. The van der Waals surface area contributed by atoms with Gasteiger partial charge in [-0.3, -0.25) is 4.79 Å². The number of amides is 1. The molecular formula is C16H47ClN12O. The summed E-state index contributed by atoms with van der Waals surface area (Å²) in [4.78, 5) is 11.9. The van der Waals surface area contributed by atoms with E-state index in [1.54, 1.807) is 0 Å². The van der Waals surface area contributed by atoms with E-state index in [1.807, 2.05) is 50.2 Å². The highest BCUT2D eigenvalue weighted by Crippen LogP contribution is 2.39. The van der Waals surface area contributed by atoms with Crippen LogP contribution in [-0.2, 0) is 10.2 Å². The lowest BCUT2D eigenvalue weighted by molar-refractivity contribution is -0.119. The molecule has 34 N–H and O–H groups in total. The van der Waals surface area contributed by atoms with E-state index in [1.165, 1.54) is 0 Å². The zero-order valence-corrected chi connectivity index (χ0v) is 19.4. The van der Waals surface area contributed by atoms with Crippen molar-refractivity contribution >= 4 is 23.2 Å². The molecule has 0 bridgehead atoms. The van der Waals surface area contributed by atoms with Gasteiger partial charge in [-0.15, -0.1) is 0 Å². The fraction of sp³-hybridized carbons (Fsp3) is 0.188. The third kappa shape index (κ3) is 9.51. The predicted octanol–water partition coefficient (Wildman–Crippen LogP) is 6.02. The second-order valence-electron chi connectivity index (χ2n) is 5.35. The van der Waals surface area contributed by atoms with Gasteiger partial charge in [0.1, 0.15) is 0 Å². The van der Waals surface area contributed by atoms with Gasteiger partial charge < -0.3 is 73.0 Å². The first-order chi connectivity index (χ1) is 8.98. The summed E-state index contributed by atoms with van der Waals surface area (Å²) in [6.07, 6.45) is 0. The zero-order chi connectivity index (χ0) is 13.6. The molecule has 3 rings (SSSR count). The van der Waals surface area contributed by atoms with E-state index in [2.05, 4.69) is 11.4 Å². The number of fused-ring (bicyclic) bond motifs is 1. The van der Waals surface area contributed by atoms with E-state index in [0.29, 0.717) is 5.02 Å². The Bertz CT molecular complexity index is 700. The molecule has 0 spiro atoms. The lowest BCUT2D eigenvalue weighted by Gasteiger charge is -2.16. The van der Waals surface area contributed by atoms with Crippen molar-refractivity contribution in [1.29, 1.82) is 0 Å². The lowest BCUT2D eigenvalue weighted by Crippen LogP contribution is -2.26. The Labute approximate surface area is 184 Å². The van der Waals surface area contributed by atoms with Gasteiger partial charge in [0.25, 0.3) is 0 Å². The van der Waals surface area contributed by atoms with Crippen LogP contribution in [0.3, 0.4) is 0 Å². The molecule has 0 unspecified atom stereocenters. The fourth-order valence-corrected chi connectivity index (χ4v) is 2.61. The number of nitrogens with one attached hydrogen (secondary N) is 1. The van der Waals surface area contributed by atoms with Gasteiger partial charge >= 0.3 is 0 Å². The first-order valence-electron chi connectivity index (χ1n) is 6.20. The average molecular weight is 459 g/mol. The molecule has 0 aliphatic carbocycles. The molecule has 0 radical (unpaired) electrons. The molecule has 2 aromatic carbocycles. The molecule has 0 atom stereocenters. The van der Waals surface area contributed by atoms with Gasteiger partial charge in [-0.25, -0.2) is 0 Å². The summed E-state index contributed by atoms with van der Waals surface area (Å²) in [6, 6.07) is 13.8. The second-order valence-corrected chi connectivity index (χ2v) is 5.79.